The largest absolute Gasteiger partial charge is 0.439 e. The predicted molar refractivity (Wildman–Crippen MR) is 105 cm³/mol. The van der Waals surface area contributed by atoms with Crippen LogP contribution in [0.2, 0.25) is 0 Å². The Hall–Kier alpha value is -2.77. The van der Waals surface area contributed by atoms with Crippen molar-refractivity contribution in [1.82, 2.24) is 9.71 Å². The van der Waals surface area contributed by atoms with Crippen molar-refractivity contribution in [3.63, 3.8) is 0 Å². The van der Waals surface area contributed by atoms with E-state index in [-0.39, 0.29) is 11.4 Å². The van der Waals surface area contributed by atoms with Crippen LogP contribution in [0.25, 0.3) is 0 Å². The van der Waals surface area contributed by atoms with Crippen molar-refractivity contribution in [3.8, 4) is 11.6 Å². The number of rotatable bonds is 8. The molecule has 0 radical (unpaired) electrons. The number of benzene rings is 2. The summed E-state index contributed by atoms with van der Waals surface area (Å²) in [5.41, 5.74) is 1.79. The van der Waals surface area contributed by atoms with Gasteiger partial charge in [0.15, 0.2) is 0 Å². The van der Waals surface area contributed by atoms with E-state index in [0.29, 0.717) is 17.2 Å². The lowest BCUT2D eigenvalue weighted by Crippen LogP contribution is -2.23. The fraction of sp³-hybridized carbons (Fsp3) is 0.190. The lowest BCUT2D eigenvalue weighted by molar-refractivity contribution is 0.457. The zero-order chi connectivity index (χ0) is 20.0. The molecular formula is C21H21FN2O3S. The van der Waals surface area contributed by atoms with Crippen LogP contribution in [0, 0.1) is 5.82 Å². The van der Waals surface area contributed by atoms with Gasteiger partial charge in [-0.2, -0.15) is 0 Å². The lowest BCUT2D eigenvalue weighted by Gasteiger charge is -2.09. The average molecular weight is 400 g/mol. The van der Waals surface area contributed by atoms with Crippen LogP contribution >= 0.6 is 0 Å². The standard InChI is InChI=1S/C21H21FN2O3S/c1-2-4-16-7-10-20(11-8-16)28(25,26)24-15-17-9-12-21(23-14-17)27-19-6-3-5-18(22)13-19/h3,5-14,24H,2,4,15H2,1H3. The summed E-state index contributed by atoms with van der Waals surface area (Å²) < 4.78 is 46.1. The van der Waals surface area contributed by atoms with E-state index in [0.717, 1.165) is 18.4 Å². The van der Waals surface area contributed by atoms with Crippen molar-refractivity contribution in [3.05, 3.63) is 83.8 Å². The van der Waals surface area contributed by atoms with E-state index in [9.17, 15) is 12.8 Å². The zero-order valence-electron chi connectivity index (χ0n) is 15.4. The van der Waals surface area contributed by atoms with Gasteiger partial charge in [0, 0.05) is 24.9 Å². The number of sulfonamides is 1. The van der Waals surface area contributed by atoms with Crippen LogP contribution in [0.3, 0.4) is 0 Å². The summed E-state index contributed by atoms with van der Waals surface area (Å²) in [4.78, 5) is 4.36. The first-order valence-corrected chi connectivity index (χ1v) is 10.4. The summed E-state index contributed by atoms with van der Waals surface area (Å²) in [5.74, 6) is 0.238. The van der Waals surface area contributed by atoms with E-state index >= 15 is 0 Å². The fourth-order valence-electron chi connectivity index (χ4n) is 2.61. The van der Waals surface area contributed by atoms with Crippen LogP contribution < -0.4 is 9.46 Å². The first kappa shape index (κ1) is 20.0. The van der Waals surface area contributed by atoms with E-state index in [2.05, 4.69) is 16.6 Å². The molecule has 0 fully saturated rings. The highest BCUT2D eigenvalue weighted by Crippen LogP contribution is 2.20. The minimum Gasteiger partial charge on any atom is -0.439 e. The number of hydrogen-bond acceptors (Lipinski definition) is 4. The summed E-state index contributed by atoms with van der Waals surface area (Å²) in [5, 5.41) is 0. The Balaban J connectivity index is 1.60. The van der Waals surface area contributed by atoms with Gasteiger partial charge in [0.05, 0.1) is 4.90 Å². The molecule has 0 spiro atoms. The van der Waals surface area contributed by atoms with E-state index in [1.54, 1.807) is 36.4 Å². The number of hydrogen-bond donors (Lipinski definition) is 1. The van der Waals surface area contributed by atoms with Crippen LogP contribution in [-0.4, -0.2) is 13.4 Å². The summed E-state index contributed by atoms with van der Waals surface area (Å²) in [6, 6.07) is 15.9. The third kappa shape index (κ3) is 5.37. The van der Waals surface area contributed by atoms with Gasteiger partial charge in [0.25, 0.3) is 0 Å². The van der Waals surface area contributed by atoms with Crippen molar-refractivity contribution >= 4 is 10.0 Å². The maximum Gasteiger partial charge on any atom is 0.240 e. The molecule has 0 aliphatic heterocycles. The summed E-state index contributed by atoms with van der Waals surface area (Å²) in [7, 11) is -3.60. The van der Waals surface area contributed by atoms with Crippen LogP contribution in [0.1, 0.15) is 24.5 Å². The van der Waals surface area contributed by atoms with Crippen molar-refractivity contribution in [2.75, 3.05) is 0 Å². The number of aromatic nitrogens is 1. The van der Waals surface area contributed by atoms with Gasteiger partial charge in [-0.1, -0.05) is 37.6 Å². The van der Waals surface area contributed by atoms with Gasteiger partial charge in [0.2, 0.25) is 15.9 Å². The number of ether oxygens (including phenoxy) is 1. The highest BCUT2D eigenvalue weighted by molar-refractivity contribution is 7.89. The summed E-state index contributed by atoms with van der Waals surface area (Å²) >= 11 is 0. The Morgan fingerprint density at radius 3 is 2.43 bits per heavy atom. The molecular weight excluding hydrogens is 379 g/mol. The van der Waals surface area contributed by atoms with E-state index in [1.807, 2.05) is 12.1 Å². The van der Waals surface area contributed by atoms with Crippen LogP contribution in [0.4, 0.5) is 4.39 Å². The molecule has 0 aliphatic rings. The minimum atomic E-state index is -3.60. The van der Waals surface area contributed by atoms with Gasteiger partial charge < -0.3 is 4.74 Å². The molecule has 1 aromatic heterocycles. The quantitative estimate of drug-likeness (QED) is 0.607. The molecule has 0 aliphatic carbocycles. The Bertz CT molecular complexity index is 1020. The molecule has 1 heterocycles. The second-order valence-electron chi connectivity index (χ2n) is 6.28. The molecule has 5 nitrogen and oxygen atoms in total. The van der Waals surface area contributed by atoms with Crippen LogP contribution in [0.15, 0.2) is 71.8 Å². The molecule has 2 aromatic carbocycles. The van der Waals surface area contributed by atoms with E-state index in [4.69, 9.17) is 4.74 Å². The second-order valence-corrected chi connectivity index (χ2v) is 8.05. The molecule has 0 amide bonds. The number of nitrogens with zero attached hydrogens (tertiary/aromatic N) is 1. The van der Waals surface area contributed by atoms with Crippen LogP contribution in [0.5, 0.6) is 11.6 Å². The molecule has 0 saturated carbocycles. The first-order chi connectivity index (χ1) is 13.5. The normalized spacial score (nSPS) is 11.4. The fourth-order valence-corrected chi connectivity index (χ4v) is 3.63. The summed E-state index contributed by atoms with van der Waals surface area (Å²) in [6.45, 7) is 2.18. The van der Waals surface area contributed by atoms with Gasteiger partial charge in [0.1, 0.15) is 11.6 Å². The smallest absolute Gasteiger partial charge is 0.240 e. The van der Waals surface area contributed by atoms with Crippen molar-refractivity contribution in [2.45, 2.75) is 31.2 Å². The number of aryl methyl sites for hydroxylation is 1. The average Bonchev–Trinajstić information content (AvgIpc) is 2.68. The molecule has 0 bridgehead atoms. The van der Waals surface area contributed by atoms with Gasteiger partial charge in [-0.05, 0) is 41.8 Å². The van der Waals surface area contributed by atoms with E-state index < -0.39 is 15.8 Å². The maximum atomic E-state index is 13.2. The molecule has 1 N–H and O–H groups in total. The monoisotopic (exact) mass is 400 g/mol. The molecule has 146 valence electrons. The minimum absolute atomic E-state index is 0.103. The molecule has 3 aromatic rings. The molecule has 0 unspecified atom stereocenters. The van der Waals surface area contributed by atoms with Crippen molar-refractivity contribution in [2.24, 2.45) is 0 Å². The third-order valence-electron chi connectivity index (χ3n) is 4.05. The van der Waals surface area contributed by atoms with Crippen LogP contribution in [-0.2, 0) is 23.0 Å². The predicted octanol–water partition coefficient (Wildman–Crippen LogP) is 4.44. The maximum absolute atomic E-state index is 13.2. The Morgan fingerprint density at radius 1 is 1.04 bits per heavy atom. The third-order valence-corrected chi connectivity index (χ3v) is 5.47. The molecule has 0 atom stereocenters. The SMILES string of the molecule is CCCc1ccc(S(=O)(=O)NCc2ccc(Oc3cccc(F)c3)nc2)cc1. The Kier molecular flexibility index (Phi) is 6.38. The zero-order valence-corrected chi connectivity index (χ0v) is 16.2. The Morgan fingerprint density at radius 2 is 1.79 bits per heavy atom. The van der Waals surface area contributed by atoms with Crippen molar-refractivity contribution in [1.29, 1.82) is 0 Å². The first-order valence-electron chi connectivity index (χ1n) is 8.93. The number of nitrogens with one attached hydrogen (secondary N) is 1. The number of pyridine rings is 1. The highest BCUT2D eigenvalue weighted by atomic mass is 32.2. The van der Waals surface area contributed by atoms with Gasteiger partial charge >= 0.3 is 0 Å². The topological polar surface area (TPSA) is 68.3 Å². The molecule has 3 rings (SSSR count). The molecule has 28 heavy (non-hydrogen) atoms. The molecule has 0 saturated heterocycles. The summed E-state index contributed by atoms with van der Waals surface area (Å²) in [6.07, 6.45) is 3.45. The van der Waals surface area contributed by atoms with Gasteiger partial charge in [-0.25, -0.2) is 22.5 Å². The Labute approximate surface area is 164 Å². The van der Waals surface area contributed by atoms with E-state index in [1.165, 1.54) is 18.3 Å². The number of halogens is 1. The van der Waals surface area contributed by atoms with Crippen molar-refractivity contribution < 1.29 is 17.5 Å². The second kappa shape index (κ2) is 8.95. The van der Waals surface area contributed by atoms with Gasteiger partial charge in [-0.15, -0.1) is 0 Å². The molecule has 7 heteroatoms. The lowest BCUT2D eigenvalue weighted by atomic mass is 10.1. The highest BCUT2D eigenvalue weighted by Gasteiger charge is 2.13. The van der Waals surface area contributed by atoms with Gasteiger partial charge in [-0.3, -0.25) is 0 Å².